The second kappa shape index (κ2) is 8.49. The zero-order chi connectivity index (χ0) is 16.8. The van der Waals surface area contributed by atoms with Crippen LogP contribution in [0.25, 0.3) is 0 Å². The molecule has 128 valence electrons. The van der Waals surface area contributed by atoms with Gasteiger partial charge in [-0.25, -0.2) is 0 Å². The van der Waals surface area contributed by atoms with Crippen LogP contribution in [-0.2, 0) is 0 Å². The van der Waals surface area contributed by atoms with Gasteiger partial charge in [-0.15, -0.1) is 0 Å². The Morgan fingerprint density at radius 2 is 2.17 bits per heavy atom. The number of carbonyl (C=O) groups is 1. The lowest BCUT2D eigenvalue weighted by molar-refractivity contribution is 0.0899. The highest BCUT2D eigenvalue weighted by molar-refractivity contribution is 5.99. The molecule has 0 aliphatic carbocycles. The molecule has 0 bridgehead atoms. The number of aryl methyl sites for hydroxylation is 1. The smallest absolute Gasteiger partial charge is 0.167 e. The SMILES string of the molecule is CCCCOc1cc(C)c(C(=O)C2CCCNC2)cc1C(C)C. The third kappa shape index (κ3) is 4.57. The third-order valence-corrected chi connectivity index (χ3v) is 4.67. The lowest BCUT2D eigenvalue weighted by Crippen LogP contribution is -2.34. The molecule has 0 radical (unpaired) electrons. The predicted octanol–water partition coefficient (Wildman–Crippen LogP) is 4.48. The first kappa shape index (κ1) is 18.0. The van der Waals surface area contributed by atoms with E-state index in [0.717, 1.165) is 67.8 Å². The molecule has 1 heterocycles. The van der Waals surface area contributed by atoms with Crippen LogP contribution in [0.4, 0.5) is 0 Å². The van der Waals surface area contributed by atoms with Crippen LogP contribution in [-0.4, -0.2) is 25.5 Å². The van der Waals surface area contributed by atoms with Crippen LogP contribution in [0.15, 0.2) is 12.1 Å². The third-order valence-electron chi connectivity index (χ3n) is 4.67. The molecular weight excluding hydrogens is 286 g/mol. The summed E-state index contributed by atoms with van der Waals surface area (Å²) in [6, 6.07) is 4.15. The van der Waals surface area contributed by atoms with Crippen molar-refractivity contribution in [2.75, 3.05) is 19.7 Å². The van der Waals surface area contributed by atoms with E-state index in [2.05, 4.69) is 38.2 Å². The van der Waals surface area contributed by atoms with Crippen LogP contribution in [0.3, 0.4) is 0 Å². The van der Waals surface area contributed by atoms with Gasteiger partial charge in [0, 0.05) is 18.0 Å². The monoisotopic (exact) mass is 317 g/mol. The Balaban J connectivity index is 2.26. The van der Waals surface area contributed by atoms with Crippen molar-refractivity contribution in [3.05, 3.63) is 28.8 Å². The lowest BCUT2D eigenvalue weighted by atomic mass is 9.87. The van der Waals surface area contributed by atoms with Crippen LogP contribution in [0.5, 0.6) is 5.75 Å². The molecule has 1 fully saturated rings. The Bertz CT molecular complexity index is 531. The molecule has 1 atom stereocenters. The fourth-order valence-corrected chi connectivity index (χ4v) is 3.16. The number of carbonyl (C=O) groups excluding carboxylic acids is 1. The molecule has 1 aromatic rings. The van der Waals surface area contributed by atoms with Gasteiger partial charge < -0.3 is 10.1 Å². The average molecular weight is 317 g/mol. The molecule has 0 spiro atoms. The van der Waals surface area contributed by atoms with E-state index in [1.165, 1.54) is 0 Å². The number of hydrogen-bond acceptors (Lipinski definition) is 3. The Morgan fingerprint density at radius 1 is 1.39 bits per heavy atom. The van der Waals surface area contributed by atoms with Gasteiger partial charge in [0.1, 0.15) is 5.75 Å². The summed E-state index contributed by atoms with van der Waals surface area (Å²) in [5.41, 5.74) is 3.07. The van der Waals surface area contributed by atoms with Gasteiger partial charge in [-0.05, 0) is 61.9 Å². The van der Waals surface area contributed by atoms with Crippen molar-refractivity contribution in [1.82, 2.24) is 5.32 Å². The molecule has 3 nitrogen and oxygen atoms in total. The van der Waals surface area contributed by atoms with E-state index in [1.807, 2.05) is 6.92 Å². The van der Waals surface area contributed by atoms with Gasteiger partial charge in [-0.2, -0.15) is 0 Å². The van der Waals surface area contributed by atoms with E-state index in [4.69, 9.17) is 4.74 Å². The summed E-state index contributed by atoms with van der Waals surface area (Å²) in [4.78, 5) is 12.9. The standard InChI is InChI=1S/C20H31NO2/c1-5-6-10-23-19-11-15(4)18(12-17(19)14(2)3)20(22)16-8-7-9-21-13-16/h11-12,14,16,21H,5-10,13H2,1-4H3. The highest BCUT2D eigenvalue weighted by atomic mass is 16.5. The largest absolute Gasteiger partial charge is 0.493 e. The van der Waals surface area contributed by atoms with Crippen molar-refractivity contribution in [2.24, 2.45) is 5.92 Å². The summed E-state index contributed by atoms with van der Waals surface area (Å²) in [5.74, 6) is 1.71. The van der Waals surface area contributed by atoms with Crippen LogP contribution in [0.2, 0.25) is 0 Å². The number of ether oxygens (including phenoxy) is 1. The summed E-state index contributed by atoms with van der Waals surface area (Å²) < 4.78 is 5.98. The molecule has 1 N–H and O–H groups in total. The van der Waals surface area contributed by atoms with E-state index in [1.54, 1.807) is 0 Å². The Morgan fingerprint density at radius 3 is 2.78 bits per heavy atom. The number of nitrogens with one attached hydrogen (secondary N) is 1. The maximum atomic E-state index is 12.9. The van der Waals surface area contributed by atoms with Crippen LogP contribution < -0.4 is 10.1 Å². The molecule has 1 aliphatic heterocycles. The zero-order valence-electron chi connectivity index (χ0n) is 15.1. The van der Waals surface area contributed by atoms with Gasteiger partial charge in [-0.3, -0.25) is 4.79 Å². The van der Waals surface area contributed by atoms with Crippen molar-refractivity contribution < 1.29 is 9.53 Å². The first-order valence-electron chi connectivity index (χ1n) is 9.06. The lowest BCUT2D eigenvalue weighted by Gasteiger charge is -2.23. The number of hydrogen-bond donors (Lipinski definition) is 1. The van der Waals surface area contributed by atoms with E-state index in [-0.39, 0.29) is 11.7 Å². The van der Waals surface area contributed by atoms with E-state index in [0.29, 0.717) is 5.92 Å². The number of Topliss-reactive ketones (excluding diaryl/α,β-unsaturated/α-hetero) is 1. The molecule has 1 saturated heterocycles. The maximum Gasteiger partial charge on any atom is 0.167 e. The number of rotatable bonds is 7. The quantitative estimate of drug-likeness (QED) is 0.595. The zero-order valence-corrected chi connectivity index (χ0v) is 15.1. The molecule has 1 unspecified atom stereocenters. The maximum absolute atomic E-state index is 12.9. The number of piperidine rings is 1. The molecule has 3 heteroatoms. The van der Waals surface area contributed by atoms with Crippen molar-refractivity contribution in [2.45, 2.75) is 59.3 Å². The van der Waals surface area contributed by atoms with Crippen molar-refractivity contribution in [3.8, 4) is 5.75 Å². The summed E-state index contributed by atoms with van der Waals surface area (Å²) in [5, 5.41) is 3.34. The first-order valence-corrected chi connectivity index (χ1v) is 9.06. The van der Waals surface area contributed by atoms with Crippen molar-refractivity contribution in [3.63, 3.8) is 0 Å². The number of unbranched alkanes of at least 4 members (excludes halogenated alkanes) is 1. The highest BCUT2D eigenvalue weighted by Crippen LogP contribution is 2.31. The van der Waals surface area contributed by atoms with Crippen molar-refractivity contribution in [1.29, 1.82) is 0 Å². The van der Waals surface area contributed by atoms with Gasteiger partial charge in [0.25, 0.3) is 0 Å². The molecule has 23 heavy (non-hydrogen) atoms. The minimum atomic E-state index is 0.120. The molecule has 2 rings (SSSR count). The second-order valence-corrected chi connectivity index (χ2v) is 6.97. The number of benzene rings is 1. The summed E-state index contributed by atoms with van der Waals surface area (Å²) in [6.45, 7) is 11.1. The second-order valence-electron chi connectivity index (χ2n) is 6.97. The summed E-state index contributed by atoms with van der Waals surface area (Å²) in [7, 11) is 0. The van der Waals surface area contributed by atoms with Gasteiger partial charge >= 0.3 is 0 Å². The van der Waals surface area contributed by atoms with Gasteiger partial charge in [0.05, 0.1) is 6.61 Å². The summed E-state index contributed by atoms with van der Waals surface area (Å²) in [6.07, 6.45) is 4.27. The molecule has 1 aromatic carbocycles. The van der Waals surface area contributed by atoms with Gasteiger partial charge in [0.15, 0.2) is 5.78 Å². The Hall–Kier alpha value is -1.35. The van der Waals surface area contributed by atoms with E-state index >= 15 is 0 Å². The Kier molecular flexibility index (Phi) is 6.64. The van der Waals surface area contributed by atoms with Crippen LogP contribution in [0.1, 0.15) is 73.9 Å². The van der Waals surface area contributed by atoms with Crippen molar-refractivity contribution >= 4 is 5.78 Å². The van der Waals surface area contributed by atoms with Crippen LogP contribution in [0, 0.1) is 12.8 Å². The molecule has 0 aromatic heterocycles. The Labute approximate surface area is 140 Å². The minimum absolute atomic E-state index is 0.120. The molecule has 0 saturated carbocycles. The van der Waals surface area contributed by atoms with Gasteiger partial charge in [-0.1, -0.05) is 27.2 Å². The topological polar surface area (TPSA) is 38.3 Å². The highest BCUT2D eigenvalue weighted by Gasteiger charge is 2.25. The fourth-order valence-electron chi connectivity index (χ4n) is 3.16. The minimum Gasteiger partial charge on any atom is -0.493 e. The van der Waals surface area contributed by atoms with Gasteiger partial charge in [0.2, 0.25) is 0 Å². The fraction of sp³-hybridized carbons (Fsp3) is 0.650. The summed E-state index contributed by atoms with van der Waals surface area (Å²) >= 11 is 0. The average Bonchev–Trinajstić information content (AvgIpc) is 2.55. The van der Waals surface area contributed by atoms with E-state index < -0.39 is 0 Å². The van der Waals surface area contributed by atoms with Crippen LogP contribution >= 0.6 is 0 Å². The first-order chi connectivity index (χ1) is 11.0. The normalized spacial score (nSPS) is 18.2. The molecule has 1 aliphatic rings. The molecule has 0 amide bonds. The number of ketones is 1. The molecular formula is C20H31NO2. The van der Waals surface area contributed by atoms with E-state index in [9.17, 15) is 4.79 Å². The predicted molar refractivity (Wildman–Crippen MR) is 95.6 cm³/mol.